The van der Waals surface area contributed by atoms with Crippen molar-refractivity contribution >= 4 is 23.4 Å². The molecule has 2 heterocycles. The monoisotopic (exact) mass is 245 g/mol. The first kappa shape index (κ1) is 12.0. The maximum absolute atomic E-state index is 11.7. The standard InChI is InChI=1S/C12H11N3O3/c1-7-4-9(13-5-7)11(16)15-10-3-2-8(6-14-10)12(17)18/h2-4,6H,5H2,1H3,(H,17,18)(H,14,15,16). The Kier molecular flexibility index (Phi) is 3.18. The van der Waals surface area contributed by atoms with Crippen LogP contribution < -0.4 is 5.32 Å². The highest BCUT2D eigenvalue weighted by Gasteiger charge is 2.14. The molecule has 1 aliphatic rings. The molecule has 0 bridgehead atoms. The number of aliphatic imine (C=N–C) groups is 1. The number of rotatable bonds is 3. The number of nitrogens with one attached hydrogen (secondary N) is 1. The number of carbonyl (C=O) groups excluding carboxylic acids is 1. The van der Waals surface area contributed by atoms with Crippen molar-refractivity contribution in [1.82, 2.24) is 4.98 Å². The van der Waals surface area contributed by atoms with E-state index in [-0.39, 0.29) is 11.5 Å². The maximum Gasteiger partial charge on any atom is 0.337 e. The van der Waals surface area contributed by atoms with Crippen LogP contribution >= 0.6 is 0 Å². The van der Waals surface area contributed by atoms with E-state index >= 15 is 0 Å². The number of carboxylic acids is 1. The van der Waals surface area contributed by atoms with Crippen LogP contribution in [0, 0.1) is 0 Å². The minimum Gasteiger partial charge on any atom is -0.478 e. The van der Waals surface area contributed by atoms with Crippen molar-refractivity contribution in [1.29, 1.82) is 0 Å². The van der Waals surface area contributed by atoms with Crippen LogP contribution in [-0.4, -0.2) is 34.2 Å². The van der Waals surface area contributed by atoms with E-state index < -0.39 is 5.97 Å². The highest BCUT2D eigenvalue weighted by molar-refractivity contribution is 6.47. The van der Waals surface area contributed by atoms with E-state index in [2.05, 4.69) is 15.3 Å². The van der Waals surface area contributed by atoms with E-state index in [1.54, 1.807) is 6.08 Å². The number of hydrogen-bond donors (Lipinski definition) is 2. The summed E-state index contributed by atoms with van der Waals surface area (Å²) in [5, 5.41) is 11.3. The Labute approximate surface area is 103 Å². The number of aromatic nitrogens is 1. The molecular formula is C12H11N3O3. The Hall–Kier alpha value is -2.50. The molecule has 0 aliphatic carbocycles. The number of pyridine rings is 1. The van der Waals surface area contributed by atoms with Crippen molar-refractivity contribution < 1.29 is 14.7 Å². The van der Waals surface area contributed by atoms with Crippen LogP contribution in [-0.2, 0) is 4.79 Å². The summed E-state index contributed by atoms with van der Waals surface area (Å²) in [4.78, 5) is 30.3. The summed E-state index contributed by atoms with van der Waals surface area (Å²) in [5.74, 6) is -1.10. The Morgan fingerprint density at radius 3 is 2.67 bits per heavy atom. The molecule has 0 fully saturated rings. The molecule has 6 heteroatoms. The lowest BCUT2D eigenvalue weighted by Gasteiger charge is -2.03. The molecule has 18 heavy (non-hydrogen) atoms. The SMILES string of the molecule is CC1=CC(C(=O)Nc2ccc(C(=O)O)cn2)=NC1. The van der Waals surface area contributed by atoms with Gasteiger partial charge >= 0.3 is 5.97 Å². The van der Waals surface area contributed by atoms with Gasteiger partial charge in [0.05, 0.1) is 12.1 Å². The highest BCUT2D eigenvalue weighted by atomic mass is 16.4. The molecule has 0 saturated carbocycles. The molecule has 92 valence electrons. The van der Waals surface area contributed by atoms with Crippen molar-refractivity contribution in [3.63, 3.8) is 0 Å². The Morgan fingerprint density at radius 2 is 2.17 bits per heavy atom. The molecule has 0 radical (unpaired) electrons. The van der Waals surface area contributed by atoms with Gasteiger partial charge in [-0.1, -0.05) is 0 Å². The number of carbonyl (C=O) groups is 2. The normalized spacial score (nSPS) is 13.8. The van der Waals surface area contributed by atoms with Crippen LogP contribution in [0.4, 0.5) is 5.82 Å². The fourth-order valence-electron chi connectivity index (χ4n) is 1.45. The van der Waals surface area contributed by atoms with E-state index in [0.717, 1.165) is 5.57 Å². The lowest BCUT2D eigenvalue weighted by Crippen LogP contribution is -2.21. The van der Waals surface area contributed by atoms with E-state index in [1.165, 1.54) is 18.3 Å². The van der Waals surface area contributed by atoms with Crippen LogP contribution in [0.3, 0.4) is 0 Å². The molecule has 1 aromatic heterocycles. The fourth-order valence-corrected chi connectivity index (χ4v) is 1.45. The first-order valence-corrected chi connectivity index (χ1v) is 5.28. The smallest absolute Gasteiger partial charge is 0.337 e. The predicted octanol–water partition coefficient (Wildman–Crippen LogP) is 1.12. The summed E-state index contributed by atoms with van der Waals surface area (Å²) in [6, 6.07) is 2.82. The number of nitrogens with zero attached hydrogens (tertiary/aromatic N) is 2. The molecular weight excluding hydrogens is 234 g/mol. The van der Waals surface area contributed by atoms with Crippen molar-refractivity contribution in [2.45, 2.75) is 6.92 Å². The van der Waals surface area contributed by atoms with Crippen LogP contribution in [0.1, 0.15) is 17.3 Å². The van der Waals surface area contributed by atoms with Crippen LogP contribution in [0.5, 0.6) is 0 Å². The molecule has 2 N–H and O–H groups in total. The number of aromatic carboxylic acids is 1. The van der Waals surface area contributed by atoms with Crippen molar-refractivity contribution in [2.75, 3.05) is 11.9 Å². The van der Waals surface area contributed by atoms with Gasteiger partial charge in [0.15, 0.2) is 0 Å². The molecule has 0 spiro atoms. The minimum absolute atomic E-state index is 0.0712. The second-order valence-corrected chi connectivity index (χ2v) is 3.88. The van der Waals surface area contributed by atoms with Crippen LogP contribution in [0.15, 0.2) is 35.0 Å². The van der Waals surface area contributed by atoms with Crippen molar-refractivity contribution in [2.24, 2.45) is 4.99 Å². The summed E-state index contributed by atoms with van der Waals surface area (Å²) < 4.78 is 0. The molecule has 1 aliphatic heterocycles. The highest BCUT2D eigenvalue weighted by Crippen LogP contribution is 2.08. The largest absolute Gasteiger partial charge is 0.478 e. The minimum atomic E-state index is -1.06. The number of amides is 1. The molecule has 0 aromatic carbocycles. The average molecular weight is 245 g/mol. The summed E-state index contributed by atoms with van der Waals surface area (Å²) in [6.45, 7) is 2.43. The van der Waals surface area contributed by atoms with Crippen molar-refractivity contribution in [3.8, 4) is 0 Å². The van der Waals surface area contributed by atoms with Gasteiger partial charge in [0, 0.05) is 6.20 Å². The molecule has 0 unspecified atom stereocenters. The summed E-state index contributed by atoms with van der Waals surface area (Å²) in [5.41, 5.74) is 1.45. The van der Waals surface area contributed by atoms with Crippen molar-refractivity contribution in [3.05, 3.63) is 35.5 Å². The lowest BCUT2D eigenvalue weighted by atomic mass is 10.2. The van der Waals surface area contributed by atoms with Gasteiger partial charge in [-0.3, -0.25) is 9.79 Å². The van der Waals surface area contributed by atoms with Gasteiger partial charge in [-0.25, -0.2) is 9.78 Å². The molecule has 0 saturated heterocycles. The third-order valence-electron chi connectivity index (χ3n) is 2.37. The second kappa shape index (κ2) is 4.79. The fraction of sp³-hybridized carbons (Fsp3) is 0.167. The quantitative estimate of drug-likeness (QED) is 0.834. The van der Waals surface area contributed by atoms with Gasteiger partial charge in [-0.2, -0.15) is 0 Å². The molecule has 1 aromatic rings. The zero-order valence-electron chi connectivity index (χ0n) is 9.67. The summed E-state index contributed by atoms with van der Waals surface area (Å²) in [6.07, 6.45) is 2.90. The van der Waals surface area contributed by atoms with Gasteiger partial charge in [0.25, 0.3) is 5.91 Å². The van der Waals surface area contributed by atoms with E-state index in [1.807, 2.05) is 6.92 Å². The Balaban J connectivity index is 2.06. The van der Waals surface area contributed by atoms with Gasteiger partial charge in [-0.15, -0.1) is 0 Å². The molecule has 0 atom stereocenters. The van der Waals surface area contributed by atoms with Crippen LogP contribution in [0.2, 0.25) is 0 Å². The first-order valence-electron chi connectivity index (χ1n) is 5.28. The zero-order valence-corrected chi connectivity index (χ0v) is 9.67. The Morgan fingerprint density at radius 1 is 1.39 bits per heavy atom. The number of hydrogen-bond acceptors (Lipinski definition) is 4. The summed E-state index contributed by atoms with van der Waals surface area (Å²) >= 11 is 0. The first-order chi connectivity index (χ1) is 8.56. The van der Waals surface area contributed by atoms with Gasteiger partial charge < -0.3 is 10.4 Å². The van der Waals surface area contributed by atoms with Gasteiger partial charge in [0.1, 0.15) is 11.5 Å². The zero-order chi connectivity index (χ0) is 13.1. The molecule has 2 rings (SSSR count). The van der Waals surface area contributed by atoms with E-state index in [9.17, 15) is 9.59 Å². The van der Waals surface area contributed by atoms with Gasteiger partial charge in [-0.05, 0) is 30.7 Å². The van der Waals surface area contributed by atoms with E-state index in [4.69, 9.17) is 5.11 Å². The molecule has 6 nitrogen and oxygen atoms in total. The van der Waals surface area contributed by atoms with Gasteiger partial charge in [0.2, 0.25) is 0 Å². The topological polar surface area (TPSA) is 91.7 Å². The van der Waals surface area contributed by atoms with Crippen LogP contribution in [0.25, 0.3) is 0 Å². The Bertz CT molecular complexity index is 558. The summed E-state index contributed by atoms with van der Waals surface area (Å²) in [7, 11) is 0. The maximum atomic E-state index is 11.7. The predicted molar refractivity (Wildman–Crippen MR) is 65.9 cm³/mol. The number of anilines is 1. The third kappa shape index (κ3) is 2.60. The lowest BCUT2D eigenvalue weighted by molar-refractivity contribution is -0.110. The second-order valence-electron chi connectivity index (χ2n) is 3.88. The van der Waals surface area contributed by atoms with E-state index in [0.29, 0.717) is 18.1 Å². The third-order valence-corrected chi connectivity index (χ3v) is 2.37. The molecule has 1 amide bonds. The number of carboxylic acid groups (broad SMARTS) is 1. The average Bonchev–Trinajstić information content (AvgIpc) is 2.76.